The Bertz CT molecular complexity index is 790. The molecule has 0 aliphatic heterocycles. The van der Waals surface area contributed by atoms with Gasteiger partial charge in [0, 0.05) is 17.1 Å². The molecule has 6 heteroatoms. The summed E-state index contributed by atoms with van der Waals surface area (Å²) >= 11 is 0. The molecule has 2 heterocycles. The second-order valence-corrected chi connectivity index (χ2v) is 3.88. The predicted molar refractivity (Wildman–Crippen MR) is 66.5 cm³/mol. The van der Waals surface area contributed by atoms with Crippen molar-refractivity contribution in [2.24, 2.45) is 0 Å². The number of H-pyrrole nitrogens is 2. The largest absolute Gasteiger partial charge is 0.396 e. The molecule has 90 valence electrons. The molecule has 2 aromatic heterocycles. The highest BCUT2D eigenvalue weighted by molar-refractivity contribution is 5.97. The second kappa shape index (κ2) is 3.69. The molecule has 0 saturated carbocycles. The number of aromatic amines is 2. The first kappa shape index (κ1) is 10.5. The normalized spacial score (nSPS) is 10.9. The number of nitrogens with one attached hydrogen (secondary N) is 2. The number of hydrogen-bond acceptors (Lipinski definition) is 3. The number of fused-ring (bicyclic) bond motifs is 1. The first-order chi connectivity index (χ1) is 8.66. The maximum atomic E-state index is 13.5. The SMILES string of the molecule is Nc1cnc(=O)[nH]c1-c1c[nH]c2c(F)cccc12. The zero-order valence-electron chi connectivity index (χ0n) is 9.20. The van der Waals surface area contributed by atoms with E-state index in [1.54, 1.807) is 18.3 Å². The summed E-state index contributed by atoms with van der Waals surface area (Å²) in [7, 11) is 0. The molecule has 0 saturated heterocycles. The van der Waals surface area contributed by atoms with Crippen molar-refractivity contribution in [3.05, 3.63) is 46.9 Å². The summed E-state index contributed by atoms with van der Waals surface area (Å²) in [4.78, 5) is 20.1. The Morgan fingerprint density at radius 1 is 1.33 bits per heavy atom. The van der Waals surface area contributed by atoms with Gasteiger partial charge < -0.3 is 15.7 Å². The minimum Gasteiger partial charge on any atom is -0.396 e. The lowest BCUT2D eigenvalue weighted by molar-refractivity contribution is 0.637. The average Bonchev–Trinajstić information content (AvgIpc) is 2.77. The maximum absolute atomic E-state index is 13.5. The van der Waals surface area contributed by atoms with Gasteiger partial charge in [0.15, 0.2) is 0 Å². The number of nitrogen functional groups attached to an aromatic ring is 1. The molecule has 3 aromatic rings. The number of hydrogen-bond donors (Lipinski definition) is 3. The van der Waals surface area contributed by atoms with Gasteiger partial charge in [0.1, 0.15) is 5.82 Å². The standard InChI is InChI=1S/C12H9FN4O/c13-8-3-1-2-6-7(4-15-10(6)8)11-9(14)5-16-12(18)17-11/h1-5,15H,14H2,(H,16,17,18). The molecule has 0 spiro atoms. The monoisotopic (exact) mass is 244 g/mol. The van der Waals surface area contributed by atoms with Crippen molar-refractivity contribution >= 4 is 16.6 Å². The molecule has 0 fully saturated rings. The molecular weight excluding hydrogens is 235 g/mol. The zero-order chi connectivity index (χ0) is 12.7. The van der Waals surface area contributed by atoms with Crippen molar-refractivity contribution in [2.75, 3.05) is 5.73 Å². The van der Waals surface area contributed by atoms with Crippen molar-refractivity contribution in [1.82, 2.24) is 15.0 Å². The van der Waals surface area contributed by atoms with E-state index in [9.17, 15) is 9.18 Å². The van der Waals surface area contributed by atoms with E-state index >= 15 is 0 Å². The molecule has 4 N–H and O–H groups in total. The van der Waals surface area contributed by atoms with Gasteiger partial charge in [-0.05, 0) is 6.07 Å². The Morgan fingerprint density at radius 2 is 2.17 bits per heavy atom. The third-order valence-electron chi connectivity index (χ3n) is 2.78. The summed E-state index contributed by atoms with van der Waals surface area (Å²) < 4.78 is 13.5. The van der Waals surface area contributed by atoms with Crippen molar-refractivity contribution in [1.29, 1.82) is 0 Å². The van der Waals surface area contributed by atoms with Gasteiger partial charge >= 0.3 is 5.69 Å². The summed E-state index contributed by atoms with van der Waals surface area (Å²) in [6, 6.07) is 4.72. The van der Waals surface area contributed by atoms with E-state index in [-0.39, 0.29) is 5.82 Å². The van der Waals surface area contributed by atoms with Crippen LogP contribution >= 0.6 is 0 Å². The molecule has 5 nitrogen and oxygen atoms in total. The maximum Gasteiger partial charge on any atom is 0.345 e. The summed E-state index contributed by atoms with van der Waals surface area (Å²) in [5.41, 5.74) is 7.06. The number of halogens is 1. The number of rotatable bonds is 1. The van der Waals surface area contributed by atoms with Gasteiger partial charge in [0.2, 0.25) is 0 Å². The van der Waals surface area contributed by atoms with Crippen molar-refractivity contribution in [3.8, 4) is 11.3 Å². The van der Waals surface area contributed by atoms with Crippen LogP contribution in [0.4, 0.5) is 10.1 Å². The number of anilines is 1. The van der Waals surface area contributed by atoms with Crippen LogP contribution in [0.3, 0.4) is 0 Å². The van der Waals surface area contributed by atoms with Crippen LogP contribution in [0.2, 0.25) is 0 Å². The number of para-hydroxylation sites is 1. The first-order valence-electron chi connectivity index (χ1n) is 5.27. The molecule has 0 radical (unpaired) electrons. The molecular formula is C12H9FN4O. The molecule has 3 rings (SSSR count). The van der Waals surface area contributed by atoms with Crippen LogP contribution in [0.1, 0.15) is 0 Å². The van der Waals surface area contributed by atoms with E-state index in [0.717, 1.165) is 0 Å². The highest BCUT2D eigenvalue weighted by Crippen LogP contribution is 2.30. The Kier molecular flexibility index (Phi) is 2.16. The molecule has 1 aromatic carbocycles. The molecule has 0 atom stereocenters. The minimum absolute atomic E-state index is 0.333. The van der Waals surface area contributed by atoms with Gasteiger partial charge in [0.25, 0.3) is 0 Å². The van der Waals surface area contributed by atoms with E-state index < -0.39 is 5.69 Å². The Labute approximate surface area is 100 Å². The van der Waals surface area contributed by atoms with E-state index in [1.807, 2.05) is 0 Å². The van der Waals surface area contributed by atoms with Crippen LogP contribution in [0.25, 0.3) is 22.2 Å². The topological polar surface area (TPSA) is 87.6 Å². The molecule has 0 bridgehead atoms. The number of aromatic nitrogens is 3. The number of nitrogens with zero attached hydrogens (tertiary/aromatic N) is 1. The van der Waals surface area contributed by atoms with E-state index in [4.69, 9.17) is 5.73 Å². The van der Waals surface area contributed by atoms with Crippen LogP contribution in [0, 0.1) is 5.82 Å². The van der Waals surface area contributed by atoms with Gasteiger partial charge in [-0.15, -0.1) is 0 Å². The average molecular weight is 244 g/mol. The summed E-state index contributed by atoms with van der Waals surface area (Å²) in [6.07, 6.45) is 2.89. The quantitative estimate of drug-likeness (QED) is 0.608. The van der Waals surface area contributed by atoms with Crippen LogP contribution in [0.15, 0.2) is 35.4 Å². The van der Waals surface area contributed by atoms with Crippen LogP contribution < -0.4 is 11.4 Å². The van der Waals surface area contributed by atoms with E-state index in [1.165, 1.54) is 12.3 Å². The smallest absolute Gasteiger partial charge is 0.345 e. The van der Waals surface area contributed by atoms with Gasteiger partial charge in [0.05, 0.1) is 23.1 Å². The predicted octanol–water partition coefficient (Wildman–Crippen LogP) is 1.64. The fraction of sp³-hybridized carbons (Fsp3) is 0. The third kappa shape index (κ3) is 1.46. The summed E-state index contributed by atoms with van der Waals surface area (Å²) in [5.74, 6) is -0.353. The molecule has 0 amide bonds. The second-order valence-electron chi connectivity index (χ2n) is 3.88. The molecule has 0 aliphatic rings. The number of benzene rings is 1. The Balaban J connectivity index is 2.36. The third-order valence-corrected chi connectivity index (χ3v) is 2.78. The Hall–Kier alpha value is -2.63. The number of nitrogens with two attached hydrogens (primary N) is 1. The van der Waals surface area contributed by atoms with Crippen LogP contribution in [-0.2, 0) is 0 Å². The van der Waals surface area contributed by atoms with Crippen LogP contribution in [-0.4, -0.2) is 15.0 Å². The van der Waals surface area contributed by atoms with E-state index in [0.29, 0.717) is 27.8 Å². The fourth-order valence-electron chi connectivity index (χ4n) is 1.95. The molecule has 0 unspecified atom stereocenters. The van der Waals surface area contributed by atoms with Gasteiger partial charge in [-0.3, -0.25) is 0 Å². The molecule has 18 heavy (non-hydrogen) atoms. The Morgan fingerprint density at radius 3 is 3.00 bits per heavy atom. The van der Waals surface area contributed by atoms with Gasteiger partial charge in [-0.1, -0.05) is 12.1 Å². The van der Waals surface area contributed by atoms with Crippen molar-refractivity contribution in [3.63, 3.8) is 0 Å². The lowest BCUT2D eigenvalue weighted by Crippen LogP contribution is -2.11. The van der Waals surface area contributed by atoms with E-state index in [2.05, 4.69) is 15.0 Å². The molecule has 0 aliphatic carbocycles. The van der Waals surface area contributed by atoms with Gasteiger partial charge in [-0.25, -0.2) is 9.18 Å². The fourth-order valence-corrected chi connectivity index (χ4v) is 1.95. The lowest BCUT2D eigenvalue weighted by Gasteiger charge is -2.02. The summed E-state index contributed by atoms with van der Waals surface area (Å²) in [5, 5.41) is 0.656. The lowest BCUT2D eigenvalue weighted by atomic mass is 10.1. The highest BCUT2D eigenvalue weighted by Gasteiger charge is 2.12. The highest BCUT2D eigenvalue weighted by atomic mass is 19.1. The first-order valence-corrected chi connectivity index (χ1v) is 5.27. The zero-order valence-corrected chi connectivity index (χ0v) is 9.20. The summed E-state index contributed by atoms with van der Waals surface area (Å²) in [6.45, 7) is 0. The van der Waals surface area contributed by atoms with Crippen molar-refractivity contribution < 1.29 is 4.39 Å². The minimum atomic E-state index is -0.495. The van der Waals surface area contributed by atoms with Crippen LogP contribution in [0.5, 0.6) is 0 Å². The van der Waals surface area contributed by atoms with Gasteiger partial charge in [-0.2, -0.15) is 4.98 Å². The van der Waals surface area contributed by atoms with Crippen molar-refractivity contribution in [2.45, 2.75) is 0 Å².